The molecule has 0 aliphatic carbocycles. The summed E-state index contributed by atoms with van der Waals surface area (Å²) in [4.78, 5) is 0.837. The Kier molecular flexibility index (Phi) is 4.06. The van der Waals surface area contributed by atoms with E-state index in [1.54, 1.807) is 0 Å². The van der Waals surface area contributed by atoms with E-state index in [1.165, 1.54) is 0 Å². The third kappa shape index (κ3) is 4.17. The Morgan fingerprint density at radius 1 is 1.00 bits per heavy atom. The molecule has 0 bridgehead atoms. The highest BCUT2D eigenvalue weighted by molar-refractivity contribution is 4.84. The normalized spacial score (nSPS) is 22.1. The molecule has 0 saturated carbocycles. The number of hydrogen-bond acceptors (Lipinski definition) is 2. The fourth-order valence-electron chi connectivity index (χ4n) is 1.66. The van der Waals surface area contributed by atoms with Crippen LogP contribution in [0.3, 0.4) is 0 Å². The van der Waals surface area contributed by atoms with E-state index in [1.807, 2.05) is 0 Å². The van der Waals surface area contributed by atoms with Gasteiger partial charge in [0.1, 0.15) is 6.04 Å². The highest BCUT2D eigenvalue weighted by atomic mass is 19.4. The molecule has 1 rings (SSSR count). The first-order valence-electron chi connectivity index (χ1n) is 4.78. The minimum atomic E-state index is -4.84. The number of hydrogen-bond donors (Lipinski definition) is 1. The van der Waals surface area contributed by atoms with E-state index in [4.69, 9.17) is 0 Å². The Hall–Kier alpha value is -0.500. The highest BCUT2D eigenvalue weighted by Crippen LogP contribution is 2.34. The first-order chi connectivity index (χ1) is 7.20. The van der Waals surface area contributed by atoms with Crippen molar-refractivity contribution in [3.63, 3.8) is 0 Å². The molecule has 2 nitrogen and oxygen atoms in total. The predicted octanol–water partition coefficient (Wildman–Crippen LogP) is 1.77. The van der Waals surface area contributed by atoms with Crippen LogP contribution in [0.2, 0.25) is 0 Å². The van der Waals surface area contributed by atoms with Crippen LogP contribution in [0.5, 0.6) is 0 Å². The van der Waals surface area contributed by atoms with Crippen molar-refractivity contribution in [2.75, 3.05) is 26.2 Å². The van der Waals surface area contributed by atoms with Gasteiger partial charge in [-0.1, -0.05) is 0 Å². The summed E-state index contributed by atoms with van der Waals surface area (Å²) in [6, 6.07) is -2.42. The van der Waals surface area contributed by atoms with Crippen molar-refractivity contribution in [3.05, 3.63) is 0 Å². The third-order valence-corrected chi connectivity index (χ3v) is 2.40. The van der Waals surface area contributed by atoms with Crippen LogP contribution in [0.15, 0.2) is 0 Å². The first-order valence-corrected chi connectivity index (χ1v) is 4.78. The van der Waals surface area contributed by atoms with Gasteiger partial charge in [0.2, 0.25) is 0 Å². The number of halogens is 6. The second-order valence-electron chi connectivity index (χ2n) is 3.66. The summed E-state index contributed by atoms with van der Waals surface area (Å²) in [5.74, 6) is 0. The SMILES string of the molecule is FC(F)(F)C[C@@H](N1CCNCC1)C(F)(F)F. The zero-order valence-electron chi connectivity index (χ0n) is 8.33. The maximum atomic E-state index is 12.5. The van der Waals surface area contributed by atoms with Crippen molar-refractivity contribution in [1.82, 2.24) is 10.2 Å². The minimum Gasteiger partial charge on any atom is -0.314 e. The highest BCUT2D eigenvalue weighted by Gasteiger charge is 2.49. The smallest absolute Gasteiger partial charge is 0.314 e. The van der Waals surface area contributed by atoms with E-state index in [0.717, 1.165) is 4.90 Å². The van der Waals surface area contributed by atoms with Crippen LogP contribution in [0.25, 0.3) is 0 Å². The summed E-state index contributed by atoms with van der Waals surface area (Å²) < 4.78 is 73.6. The molecule has 1 aliphatic heterocycles. The number of alkyl halides is 6. The molecule has 0 amide bonds. The van der Waals surface area contributed by atoms with Crippen LogP contribution >= 0.6 is 0 Å². The van der Waals surface area contributed by atoms with Gasteiger partial charge < -0.3 is 5.32 Å². The molecular formula is C8H12F6N2. The Labute approximate surface area is 88.6 Å². The summed E-state index contributed by atoms with van der Waals surface area (Å²) in [6.07, 6.45) is -11.5. The van der Waals surface area contributed by atoms with Crippen molar-refractivity contribution < 1.29 is 26.3 Å². The van der Waals surface area contributed by atoms with Gasteiger partial charge in [-0.2, -0.15) is 26.3 Å². The number of piperazine rings is 1. The lowest BCUT2D eigenvalue weighted by molar-refractivity contribution is -0.225. The van der Waals surface area contributed by atoms with E-state index in [9.17, 15) is 26.3 Å². The van der Waals surface area contributed by atoms with Gasteiger partial charge >= 0.3 is 12.4 Å². The van der Waals surface area contributed by atoms with E-state index in [0.29, 0.717) is 0 Å². The van der Waals surface area contributed by atoms with Crippen LogP contribution < -0.4 is 5.32 Å². The monoisotopic (exact) mass is 250 g/mol. The summed E-state index contributed by atoms with van der Waals surface area (Å²) in [5, 5.41) is 2.79. The number of nitrogens with zero attached hydrogens (tertiary/aromatic N) is 1. The molecule has 1 saturated heterocycles. The summed E-state index contributed by atoms with van der Waals surface area (Å²) in [7, 11) is 0. The number of rotatable bonds is 2. The van der Waals surface area contributed by atoms with Crippen molar-refractivity contribution in [1.29, 1.82) is 0 Å². The van der Waals surface area contributed by atoms with Crippen molar-refractivity contribution in [2.45, 2.75) is 24.8 Å². The Balaban J connectivity index is 2.70. The van der Waals surface area contributed by atoms with Gasteiger partial charge in [0.15, 0.2) is 0 Å². The lowest BCUT2D eigenvalue weighted by Crippen LogP contribution is -2.54. The van der Waals surface area contributed by atoms with Gasteiger partial charge in [0.25, 0.3) is 0 Å². The quantitative estimate of drug-likeness (QED) is 0.751. The lowest BCUT2D eigenvalue weighted by Gasteiger charge is -2.36. The van der Waals surface area contributed by atoms with Gasteiger partial charge in [-0.05, 0) is 0 Å². The zero-order chi connectivity index (χ0) is 12.4. The van der Waals surface area contributed by atoms with Crippen LogP contribution in [0.1, 0.15) is 6.42 Å². The lowest BCUT2D eigenvalue weighted by atomic mass is 10.1. The maximum absolute atomic E-state index is 12.5. The van der Waals surface area contributed by atoms with Gasteiger partial charge in [0, 0.05) is 26.2 Å². The Bertz CT molecular complexity index is 218. The molecule has 1 atom stereocenters. The van der Waals surface area contributed by atoms with Gasteiger partial charge in [0.05, 0.1) is 6.42 Å². The van der Waals surface area contributed by atoms with Crippen molar-refractivity contribution in [2.24, 2.45) is 0 Å². The molecule has 8 heteroatoms. The largest absolute Gasteiger partial charge is 0.404 e. The van der Waals surface area contributed by atoms with E-state index in [-0.39, 0.29) is 26.2 Å². The standard InChI is InChI=1S/C8H12F6N2/c9-7(10,11)5-6(8(12,13)14)16-3-1-15-2-4-16/h6,15H,1-5H2/t6-/m1/s1. The van der Waals surface area contributed by atoms with Gasteiger partial charge in [-0.25, -0.2) is 0 Å². The van der Waals surface area contributed by atoms with E-state index >= 15 is 0 Å². The molecule has 1 fully saturated rings. The van der Waals surface area contributed by atoms with Gasteiger partial charge in [-0.15, -0.1) is 0 Å². The van der Waals surface area contributed by atoms with E-state index < -0.39 is 24.8 Å². The second-order valence-corrected chi connectivity index (χ2v) is 3.66. The summed E-state index contributed by atoms with van der Waals surface area (Å²) >= 11 is 0. The van der Waals surface area contributed by atoms with Crippen LogP contribution in [-0.4, -0.2) is 49.5 Å². The molecule has 0 aromatic rings. The molecule has 0 aromatic heterocycles. The van der Waals surface area contributed by atoms with Crippen LogP contribution in [0, 0.1) is 0 Å². The van der Waals surface area contributed by atoms with Gasteiger partial charge in [-0.3, -0.25) is 4.90 Å². The topological polar surface area (TPSA) is 15.3 Å². The molecule has 0 unspecified atom stereocenters. The fraction of sp³-hybridized carbons (Fsp3) is 1.00. The molecule has 0 radical (unpaired) electrons. The van der Waals surface area contributed by atoms with E-state index in [2.05, 4.69) is 5.32 Å². The molecule has 0 spiro atoms. The van der Waals surface area contributed by atoms with Crippen molar-refractivity contribution >= 4 is 0 Å². The molecule has 96 valence electrons. The molecule has 1 N–H and O–H groups in total. The predicted molar refractivity (Wildman–Crippen MR) is 45.0 cm³/mol. The third-order valence-electron chi connectivity index (χ3n) is 2.40. The molecular weight excluding hydrogens is 238 g/mol. The Morgan fingerprint density at radius 2 is 1.50 bits per heavy atom. The first kappa shape index (κ1) is 13.6. The second kappa shape index (κ2) is 4.79. The average Bonchev–Trinajstić information content (AvgIpc) is 2.13. The molecule has 0 aromatic carbocycles. The van der Waals surface area contributed by atoms with Crippen LogP contribution in [-0.2, 0) is 0 Å². The van der Waals surface area contributed by atoms with Crippen LogP contribution in [0.4, 0.5) is 26.3 Å². The van der Waals surface area contributed by atoms with Crippen molar-refractivity contribution in [3.8, 4) is 0 Å². The average molecular weight is 250 g/mol. The minimum absolute atomic E-state index is 0.0136. The maximum Gasteiger partial charge on any atom is 0.404 e. The Morgan fingerprint density at radius 3 is 1.88 bits per heavy atom. The summed E-state index contributed by atoms with van der Waals surface area (Å²) in [5.41, 5.74) is 0. The number of nitrogens with one attached hydrogen (secondary N) is 1. The molecule has 16 heavy (non-hydrogen) atoms. The summed E-state index contributed by atoms with van der Waals surface area (Å²) in [6.45, 7) is 0.537. The molecule has 1 heterocycles. The fourth-order valence-corrected chi connectivity index (χ4v) is 1.66. The zero-order valence-corrected chi connectivity index (χ0v) is 8.33. The molecule has 1 aliphatic rings.